The number of carbonyl (C=O) groups excluding carboxylic acids is 1. The van der Waals surface area contributed by atoms with E-state index in [2.05, 4.69) is 0 Å². The monoisotopic (exact) mass is 315 g/mol. The van der Waals surface area contributed by atoms with Crippen LogP contribution in [0.25, 0.3) is 0 Å². The summed E-state index contributed by atoms with van der Waals surface area (Å²) in [5.74, 6) is -0.135. The zero-order valence-corrected chi connectivity index (χ0v) is 13.2. The summed E-state index contributed by atoms with van der Waals surface area (Å²) in [6, 6.07) is 15.0. The third-order valence-electron chi connectivity index (χ3n) is 3.91. The molecule has 0 N–H and O–H groups in total. The van der Waals surface area contributed by atoms with Crippen molar-refractivity contribution in [2.45, 2.75) is 30.8 Å². The smallest absolute Gasteiger partial charge is 0.244 e. The maximum Gasteiger partial charge on any atom is 0.244 e. The van der Waals surface area contributed by atoms with Gasteiger partial charge in [-0.2, -0.15) is 4.31 Å². The van der Waals surface area contributed by atoms with Gasteiger partial charge in [-0.3, -0.25) is 4.79 Å². The normalized spacial score (nSPS) is 24.0. The molecular formula is C17H17NO3S. The van der Waals surface area contributed by atoms with Gasteiger partial charge in [-0.15, -0.1) is 0 Å². The van der Waals surface area contributed by atoms with Crippen LogP contribution in [-0.2, 0) is 14.8 Å². The molecule has 0 aliphatic carbocycles. The van der Waals surface area contributed by atoms with Crippen LogP contribution >= 0.6 is 0 Å². The molecule has 0 saturated carbocycles. The van der Waals surface area contributed by atoms with E-state index in [0.717, 1.165) is 11.1 Å². The molecule has 3 atom stereocenters. The quantitative estimate of drug-likeness (QED) is 0.815. The van der Waals surface area contributed by atoms with Crippen molar-refractivity contribution >= 4 is 15.8 Å². The lowest BCUT2D eigenvalue weighted by atomic mass is 10.1. The molecule has 3 unspecified atom stereocenters. The van der Waals surface area contributed by atoms with Crippen LogP contribution in [0.5, 0.6) is 0 Å². The number of benzene rings is 2. The van der Waals surface area contributed by atoms with Gasteiger partial charge in [0.1, 0.15) is 11.8 Å². The van der Waals surface area contributed by atoms with Crippen LogP contribution in [0.3, 0.4) is 0 Å². The Morgan fingerprint density at radius 3 is 2.14 bits per heavy atom. The highest BCUT2D eigenvalue weighted by Crippen LogP contribution is 2.47. The largest absolute Gasteiger partial charge is 0.298 e. The summed E-state index contributed by atoms with van der Waals surface area (Å²) in [7, 11) is -3.66. The summed E-state index contributed by atoms with van der Waals surface area (Å²) in [6.07, 6.45) is 0. The summed E-state index contributed by atoms with van der Waals surface area (Å²) in [5.41, 5.74) is 1.84. The van der Waals surface area contributed by atoms with Gasteiger partial charge >= 0.3 is 0 Å². The Morgan fingerprint density at radius 1 is 1.00 bits per heavy atom. The fraction of sp³-hybridized carbons (Fsp3) is 0.235. The first-order chi connectivity index (χ1) is 10.4. The Morgan fingerprint density at radius 2 is 1.59 bits per heavy atom. The van der Waals surface area contributed by atoms with Gasteiger partial charge in [0.05, 0.1) is 10.9 Å². The predicted octanol–water partition coefficient (Wildman–Crippen LogP) is 2.70. The van der Waals surface area contributed by atoms with Crippen molar-refractivity contribution in [1.29, 1.82) is 0 Å². The van der Waals surface area contributed by atoms with E-state index >= 15 is 0 Å². The van der Waals surface area contributed by atoms with Crippen LogP contribution in [0.4, 0.5) is 0 Å². The van der Waals surface area contributed by atoms with Crippen molar-refractivity contribution in [2.24, 2.45) is 0 Å². The van der Waals surface area contributed by atoms with Gasteiger partial charge in [-0.05, 0) is 31.5 Å². The summed E-state index contributed by atoms with van der Waals surface area (Å²) < 4.78 is 26.9. The van der Waals surface area contributed by atoms with E-state index in [9.17, 15) is 13.2 Å². The Bertz CT molecular complexity index is 798. The lowest BCUT2D eigenvalue weighted by molar-refractivity contribution is -0.117. The van der Waals surface area contributed by atoms with Gasteiger partial charge < -0.3 is 0 Å². The number of hydrogen-bond acceptors (Lipinski definition) is 3. The second kappa shape index (κ2) is 5.34. The highest BCUT2D eigenvalue weighted by Gasteiger charge is 2.58. The molecule has 4 nitrogen and oxygen atoms in total. The van der Waals surface area contributed by atoms with E-state index in [1.807, 2.05) is 37.3 Å². The third kappa shape index (κ3) is 2.46. The van der Waals surface area contributed by atoms with Gasteiger partial charge in [-0.25, -0.2) is 8.42 Å². The SMILES string of the molecule is CC(=O)C1C(c2ccccc2)N1S(=O)(=O)c1ccc(C)cc1. The standard InChI is InChI=1S/C17H17NO3S/c1-12-8-10-15(11-9-12)22(20,21)18-16(13(2)19)17(18)14-6-4-3-5-7-14/h3-11,16-17H,1-2H3. The molecule has 1 fully saturated rings. The minimum atomic E-state index is -3.66. The first kappa shape index (κ1) is 14.9. The van der Waals surface area contributed by atoms with Crippen LogP contribution in [-0.4, -0.2) is 24.5 Å². The Labute approximate surface area is 130 Å². The van der Waals surface area contributed by atoms with Crippen LogP contribution < -0.4 is 0 Å². The highest BCUT2D eigenvalue weighted by molar-refractivity contribution is 7.89. The third-order valence-corrected chi connectivity index (χ3v) is 5.79. The number of nitrogens with zero attached hydrogens (tertiary/aromatic N) is 1. The van der Waals surface area contributed by atoms with Crippen LogP contribution in [0.1, 0.15) is 24.1 Å². The summed E-state index contributed by atoms with van der Waals surface area (Å²) >= 11 is 0. The second-order valence-corrected chi connectivity index (χ2v) is 7.40. The summed E-state index contributed by atoms with van der Waals surface area (Å²) in [6.45, 7) is 3.34. The Hall–Kier alpha value is -1.98. The maximum atomic E-state index is 12.8. The van der Waals surface area contributed by atoms with Crippen molar-refractivity contribution in [3.05, 3.63) is 65.7 Å². The molecule has 3 rings (SSSR count). The van der Waals surface area contributed by atoms with E-state index in [4.69, 9.17) is 0 Å². The summed E-state index contributed by atoms with van der Waals surface area (Å²) in [5, 5.41) is 0. The van der Waals surface area contributed by atoms with Crippen molar-refractivity contribution in [1.82, 2.24) is 4.31 Å². The number of hydrogen-bond donors (Lipinski definition) is 0. The Kier molecular flexibility index (Phi) is 3.62. The molecule has 0 amide bonds. The lowest BCUT2D eigenvalue weighted by Crippen LogP contribution is -2.18. The minimum Gasteiger partial charge on any atom is -0.298 e. The zero-order valence-electron chi connectivity index (χ0n) is 12.4. The maximum absolute atomic E-state index is 12.8. The van der Waals surface area contributed by atoms with E-state index in [-0.39, 0.29) is 10.7 Å². The molecule has 22 heavy (non-hydrogen) atoms. The summed E-state index contributed by atoms with van der Waals surface area (Å²) in [4.78, 5) is 12.1. The molecule has 0 aromatic heterocycles. The fourth-order valence-corrected chi connectivity index (χ4v) is 4.49. The van der Waals surface area contributed by atoms with Crippen molar-refractivity contribution in [2.75, 3.05) is 0 Å². The van der Waals surface area contributed by atoms with Crippen LogP contribution in [0.15, 0.2) is 59.5 Å². The number of aryl methyl sites for hydroxylation is 1. The number of carbonyl (C=O) groups is 1. The molecule has 0 radical (unpaired) electrons. The topological polar surface area (TPSA) is 54.2 Å². The molecule has 114 valence electrons. The van der Waals surface area contributed by atoms with Crippen molar-refractivity contribution in [3.63, 3.8) is 0 Å². The Balaban J connectivity index is 1.99. The van der Waals surface area contributed by atoms with Gasteiger partial charge in [0.15, 0.2) is 0 Å². The number of rotatable bonds is 4. The van der Waals surface area contributed by atoms with E-state index in [0.29, 0.717) is 0 Å². The second-order valence-electron chi connectivity index (χ2n) is 5.56. The molecule has 1 saturated heterocycles. The molecule has 1 aliphatic rings. The molecule has 2 aromatic rings. The van der Waals surface area contributed by atoms with Gasteiger partial charge in [0.25, 0.3) is 0 Å². The van der Waals surface area contributed by atoms with E-state index < -0.39 is 22.1 Å². The molecule has 1 aliphatic heterocycles. The first-order valence-electron chi connectivity index (χ1n) is 7.08. The predicted molar refractivity (Wildman–Crippen MR) is 83.9 cm³/mol. The number of Topliss-reactive ketones (excluding diaryl/α,β-unsaturated/α-hetero) is 1. The minimum absolute atomic E-state index is 0.135. The average Bonchev–Trinajstić information content (AvgIpc) is 3.25. The first-order valence-corrected chi connectivity index (χ1v) is 8.52. The fourth-order valence-electron chi connectivity index (χ4n) is 2.72. The number of sulfonamides is 1. The van der Waals surface area contributed by atoms with Crippen molar-refractivity contribution in [3.8, 4) is 0 Å². The van der Waals surface area contributed by atoms with E-state index in [1.54, 1.807) is 24.3 Å². The van der Waals surface area contributed by atoms with Crippen molar-refractivity contribution < 1.29 is 13.2 Å². The molecule has 0 spiro atoms. The van der Waals surface area contributed by atoms with Gasteiger partial charge in [0.2, 0.25) is 10.0 Å². The highest BCUT2D eigenvalue weighted by atomic mass is 32.2. The van der Waals surface area contributed by atoms with Gasteiger partial charge in [0, 0.05) is 0 Å². The molecule has 1 heterocycles. The zero-order chi connectivity index (χ0) is 15.9. The lowest BCUT2D eigenvalue weighted by Gasteiger charge is -2.07. The average molecular weight is 315 g/mol. The molecule has 0 bridgehead atoms. The van der Waals surface area contributed by atoms with Gasteiger partial charge in [-0.1, -0.05) is 48.0 Å². The molecular weight excluding hydrogens is 298 g/mol. The van der Waals surface area contributed by atoms with E-state index in [1.165, 1.54) is 11.2 Å². The van der Waals surface area contributed by atoms with Crippen LogP contribution in [0.2, 0.25) is 0 Å². The molecule has 5 heteroatoms. The number of ketones is 1. The van der Waals surface area contributed by atoms with Crippen LogP contribution in [0, 0.1) is 6.92 Å². The molecule has 2 aromatic carbocycles.